The Morgan fingerprint density at radius 1 is 1.24 bits per heavy atom. The predicted octanol–water partition coefficient (Wildman–Crippen LogP) is 1.14. The normalized spacial score (nSPS) is 12.1. The van der Waals surface area contributed by atoms with Gasteiger partial charge in [-0.15, -0.1) is 0 Å². The number of amides is 2. The molecule has 140 valence electrons. The second-order valence-corrected chi connectivity index (χ2v) is 7.36. The lowest BCUT2D eigenvalue weighted by Crippen LogP contribution is -3.11. The third-order valence-electron chi connectivity index (χ3n) is 3.48. The van der Waals surface area contributed by atoms with Crippen LogP contribution in [0.1, 0.15) is 25.8 Å². The van der Waals surface area contributed by atoms with Crippen LogP contribution in [-0.2, 0) is 14.3 Å². The molecule has 1 rings (SSSR count). The summed E-state index contributed by atoms with van der Waals surface area (Å²) in [5.41, 5.74) is 1.78. The van der Waals surface area contributed by atoms with E-state index in [1.165, 1.54) is 0 Å². The van der Waals surface area contributed by atoms with Gasteiger partial charge in [0.15, 0.2) is 13.1 Å². The molecule has 6 nitrogen and oxygen atoms in total. The fraction of sp³-hybridized carbons (Fsp3) is 0.556. The van der Waals surface area contributed by atoms with E-state index in [-0.39, 0.29) is 31.0 Å². The number of anilines is 1. The van der Waals surface area contributed by atoms with Gasteiger partial charge in [0, 0.05) is 23.3 Å². The zero-order valence-electron chi connectivity index (χ0n) is 15.4. The summed E-state index contributed by atoms with van der Waals surface area (Å²) >= 11 is 3.40. The third-order valence-corrected chi connectivity index (χ3v) is 3.97. The Balaban J connectivity index is 2.27. The van der Waals surface area contributed by atoms with Crippen LogP contribution in [0.2, 0.25) is 0 Å². The molecule has 0 heterocycles. The number of ether oxygens (including phenoxy) is 1. The van der Waals surface area contributed by atoms with Crippen molar-refractivity contribution in [1.29, 1.82) is 0 Å². The summed E-state index contributed by atoms with van der Waals surface area (Å²) < 4.78 is 6.39. The molecule has 7 heteroatoms. The molecule has 25 heavy (non-hydrogen) atoms. The lowest BCUT2D eigenvalue weighted by molar-refractivity contribution is -0.862. The maximum absolute atomic E-state index is 12.1. The summed E-state index contributed by atoms with van der Waals surface area (Å²) in [5.74, 6) is -0.171. The zero-order valence-corrected chi connectivity index (χ0v) is 17.0. The van der Waals surface area contributed by atoms with Crippen LogP contribution >= 0.6 is 15.9 Å². The molecule has 0 aliphatic carbocycles. The van der Waals surface area contributed by atoms with E-state index >= 15 is 0 Å². The van der Waals surface area contributed by atoms with Crippen LogP contribution in [0.3, 0.4) is 0 Å². The highest BCUT2D eigenvalue weighted by atomic mass is 79.9. The lowest BCUT2D eigenvalue weighted by Gasteiger charge is -2.15. The van der Waals surface area contributed by atoms with Crippen molar-refractivity contribution in [2.45, 2.75) is 33.3 Å². The van der Waals surface area contributed by atoms with Gasteiger partial charge in [-0.1, -0.05) is 15.9 Å². The number of nitrogens with one attached hydrogen (secondary N) is 3. The van der Waals surface area contributed by atoms with Crippen molar-refractivity contribution in [2.75, 3.05) is 38.6 Å². The minimum Gasteiger partial charge on any atom is -0.379 e. The van der Waals surface area contributed by atoms with Crippen molar-refractivity contribution in [1.82, 2.24) is 5.32 Å². The maximum Gasteiger partial charge on any atom is 0.279 e. The summed E-state index contributed by atoms with van der Waals surface area (Å²) in [5, 5.41) is 5.73. The number of likely N-dealkylation sites (N-methyl/N-ethyl adjacent to an activating group) is 1. The van der Waals surface area contributed by atoms with Crippen LogP contribution in [0.15, 0.2) is 22.7 Å². The first kappa shape index (κ1) is 21.6. The van der Waals surface area contributed by atoms with Crippen LogP contribution in [0.25, 0.3) is 0 Å². The fourth-order valence-electron chi connectivity index (χ4n) is 2.25. The van der Waals surface area contributed by atoms with E-state index < -0.39 is 0 Å². The Morgan fingerprint density at radius 3 is 2.56 bits per heavy atom. The van der Waals surface area contributed by atoms with Gasteiger partial charge in [-0.3, -0.25) is 9.59 Å². The van der Waals surface area contributed by atoms with Crippen LogP contribution in [0.5, 0.6) is 0 Å². The molecule has 1 aromatic rings. The number of quaternary nitrogens is 1. The monoisotopic (exact) mass is 414 g/mol. The van der Waals surface area contributed by atoms with Crippen molar-refractivity contribution in [2.24, 2.45) is 0 Å². The van der Waals surface area contributed by atoms with Crippen molar-refractivity contribution in [3.8, 4) is 0 Å². The Morgan fingerprint density at radius 2 is 1.92 bits per heavy atom. The van der Waals surface area contributed by atoms with Gasteiger partial charge in [-0.25, -0.2) is 0 Å². The third kappa shape index (κ3) is 9.57. The number of hydrogen-bond acceptors (Lipinski definition) is 3. The smallest absolute Gasteiger partial charge is 0.279 e. The minimum absolute atomic E-state index is 0.0605. The first-order chi connectivity index (χ1) is 11.8. The number of hydrogen-bond donors (Lipinski definition) is 3. The highest BCUT2D eigenvalue weighted by Crippen LogP contribution is 2.19. The molecule has 1 unspecified atom stereocenters. The molecule has 3 N–H and O–H groups in total. The number of carbonyl (C=O) groups excluding carboxylic acids is 2. The molecule has 0 fully saturated rings. The summed E-state index contributed by atoms with van der Waals surface area (Å²) in [6.07, 6.45) is 0.992. The quantitative estimate of drug-likeness (QED) is 0.502. The van der Waals surface area contributed by atoms with Crippen molar-refractivity contribution < 1.29 is 19.2 Å². The molecule has 0 aromatic heterocycles. The Kier molecular flexibility index (Phi) is 9.70. The van der Waals surface area contributed by atoms with Crippen LogP contribution in [0.4, 0.5) is 5.69 Å². The summed E-state index contributed by atoms with van der Waals surface area (Å²) in [6, 6.07) is 5.69. The molecular weight excluding hydrogens is 386 g/mol. The lowest BCUT2D eigenvalue weighted by atomic mass is 10.2. The second kappa shape index (κ2) is 11.2. The van der Waals surface area contributed by atoms with Gasteiger partial charge in [-0.2, -0.15) is 0 Å². The van der Waals surface area contributed by atoms with Gasteiger partial charge in [0.25, 0.3) is 11.8 Å². The molecule has 0 bridgehead atoms. The number of carbonyl (C=O) groups is 2. The topological polar surface area (TPSA) is 71.9 Å². The molecule has 0 radical (unpaired) electrons. The number of halogens is 1. The molecule has 1 aromatic carbocycles. The number of rotatable bonds is 10. The minimum atomic E-state index is -0.110. The summed E-state index contributed by atoms with van der Waals surface area (Å²) in [6.45, 7) is 7.62. The number of aryl methyl sites for hydroxylation is 1. The second-order valence-electron chi connectivity index (χ2n) is 6.44. The predicted molar refractivity (Wildman–Crippen MR) is 103 cm³/mol. The first-order valence-electron chi connectivity index (χ1n) is 8.53. The molecule has 0 saturated carbocycles. The Labute approximate surface area is 158 Å². The Bertz CT molecular complexity index is 579. The van der Waals surface area contributed by atoms with E-state index in [1.807, 2.05) is 46.0 Å². The van der Waals surface area contributed by atoms with Crippen LogP contribution in [0, 0.1) is 6.92 Å². The Hall–Kier alpha value is -1.44. The van der Waals surface area contributed by atoms with E-state index in [4.69, 9.17) is 4.74 Å². The zero-order chi connectivity index (χ0) is 18.8. The first-order valence-corrected chi connectivity index (χ1v) is 9.33. The van der Waals surface area contributed by atoms with Crippen molar-refractivity contribution in [3.05, 3.63) is 28.2 Å². The molecule has 0 aliphatic rings. The largest absolute Gasteiger partial charge is 0.379 e. The standard InChI is InChI=1S/C18H28BrN3O3/c1-13(2)25-9-5-8-20-17(23)11-22(4)12-18(24)21-16-7-6-15(19)10-14(16)3/h6-7,10,13H,5,8-9,11-12H2,1-4H3,(H,20,23)(H,21,24)/p+1. The van der Waals surface area contributed by atoms with E-state index in [0.29, 0.717) is 13.2 Å². The average molecular weight is 415 g/mol. The molecule has 0 saturated heterocycles. The highest BCUT2D eigenvalue weighted by molar-refractivity contribution is 9.10. The van der Waals surface area contributed by atoms with E-state index in [1.54, 1.807) is 0 Å². The average Bonchev–Trinajstić information content (AvgIpc) is 2.49. The number of benzene rings is 1. The highest BCUT2D eigenvalue weighted by Gasteiger charge is 2.14. The van der Waals surface area contributed by atoms with Gasteiger partial charge in [0.2, 0.25) is 0 Å². The van der Waals surface area contributed by atoms with Crippen molar-refractivity contribution >= 4 is 33.4 Å². The SMILES string of the molecule is Cc1cc(Br)ccc1NC(=O)C[NH+](C)CC(=O)NCCCOC(C)C. The molecule has 2 amide bonds. The van der Waals surface area contributed by atoms with Gasteiger partial charge in [0.1, 0.15) is 0 Å². The summed E-state index contributed by atoms with van der Waals surface area (Å²) in [4.78, 5) is 24.8. The van der Waals surface area contributed by atoms with Gasteiger partial charge < -0.3 is 20.3 Å². The molecule has 0 spiro atoms. The van der Waals surface area contributed by atoms with Crippen LogP contribution < -0.4 is 15.5 Å². The fourth-order valence-corrected chi connectivity index (χ4v) is 2.73. The van der Waals surface area contributed by atoms with Crippen LogP contribution in [-0.4, -0.2) is 51.2 Å². The van der Waals surface area contributed by atoms with E-state index in [0.717, 1.165) is 27.0 Å². The van der Waals surface area contributed by atoms with E-state index in [9.17, 15) is 9.59 Å². The van der Waals surface area contributed by atoms with Gasteiger partial charge in [-0.05, 0) is 51.0 Å². The van der Waals surface area contributed by atoms with Gasteiger partial charge in [0.05, 0.1) is 13.2 Å². The van der Waals surface area contributed by atoms with Crippen molar-refractivity contribution in [3.63, 3.8) is 0 Å². The molecular formula is C18H29BrN3O3+. The van der Waals surface area contributed by atoms with Gasteiger partial charge >= 0.3 is 0 Å². The molecule has 1 atom stereocenters. The molecule has 0 aliphatic heterocycles. The van der Waals surface area contributed by atoms with E-state index in [2.05, 4.69) is 26.6 Å². The maximum atomic E-state index is 12.1. The summed E-state index contributed by atoms with van der Waals surface area (Å²) in [7, 11) is 1.83.